The van der Waals surface area contributed by atoms with Crippen molar-refractivity contribution in [3.8, 4) is 0 Å². The van der Waals surface area contributed by atoms with Crippen LogP contribution in [0.1, 0.15) is 69.7 Å². The molecule has 3 rings (SSSR count). The van der Waals surface area contributed by atoms with Crippen molar-refractivity contribution in [1.82, 2.24) is 0 Å². The van der Waals surface area contributed by atoms with E-state index in [0.717, 1.165) is 17.0 Å². The van der Waals surface area contributed by atoms with Gasteiger partial charge in [0.15, 0.2) is 0 Å². The molecule has 0 saturated carbocycles. The van der Waals surface area contributed by atoms with E-state index in [2.05, 4.69) is 106 Å². The zero-order valence-corrected chi connectivity index (χ0v) is 19.7. The molecule has 0 aromatic heterocycles. The predicted octanol–water partition coefficient (Wildman–Crippen LogP) is 7.12. The van der Waals surface area contributed by atoms with E-state index < -0.39 is 0 Å². The van der Waals surface area contributed by atoms with Crippen LogP contribution in [0.2, 0.25) is 0 Å². The Kier molecular flexibility index (Phi) is 6.26. The molecule has 0 aliphatic heterocycles. The first-order valence-corrected chi connectivity index (χ1v) is 10.8. The van der Waals surface area contributed by atoms with E-state index in [1.807, 2.05) is 14.1 Å². The van der Waals surface area contributed by atoms with E-state index in [9.17, 15) is 0 Å². The van der Waals surface area contributed by atoms with E-state index in [0.29, 0.717) is 5.92 Å². The Morgan fingerprint density at radius 1 is 0.733 bits per heavy atom. The molecule has 0 fully saturated rings. The Labute approximate surface area is 182 Å². The normalized spacial score (nSPS) is 17.8. The van der Waals surface area contributed by atoms with Crippen molar-refractivity contribution in [2.75, 3.05) is 14.1 Å². The van der Waals surface area contributed by atoms with Gasteiger partial charge in [-0.05, 0) is 52.2 Å². The second-order valence-electron chi connectivity index (χ2n) is 9.36. The van der Waals surface area contributed by atoms with E-state index in [1.165, 1.54) is 33.4 Å². The summed E-state index contributed by atoms with van der Waals surface area (Å²) < 4.78 is 0. The van der Waals surface area contributed by atoms with Crippen molar-refractivity contribution in [3.63, 3.8) is 0 Å². The third-order valence-electron chi connectivity index (χ3n) is 5.85. The van der Waals surface area contributed by atoms with E-state index in [1.54, 1.807) is 0 Å². The van der Waals surface area contributed by atoms with Gasteiger partial charge in [0.25, 0.3) is 0 Å². The first-order chi connectivity index (χ1) is 14.2. The quantitative estimate of drug-likeness (QED) is 0.492. The van der Waals surface area contributed by atoms with Crippen molar-refractivity contribution in [2.45, 2.75) is 52.9 Å². The molecular weight excluding hydrogens is 364 g/mol. The van der Waals surface area contributed by atoms with Crippen LogP contribution in [0.3, 0.4) is 0 Å². The predicted molar refractivity (Wildman–Crippen MR) is 133 cm³/mol. The Balaban J connectivity index is 2.11. The smallest absolute Gasteiger partial charge is 0.0910 e. The first kappa shape index (κ1) is 22.0. The van der Waals surface area contributed by atoms with Gasteiger partial charge in [-0.1, -0.05) is 83.1 Å². The molecule has 30 heavy (non-hydrogen) atoms. The zero-order valence-electron chi connectivity index (χ0n) is 19.7. The molecule has 0 unspecified atom stereocenters. The molecule has 2 aromatic rings. The molecule has 0 bridgehead atoms. The van der Waals surface area contributed by atoms with Crippen LogP contribution in [0.5, 0.6) is 0 Å². The second kappa shape index (κ2) is 8.55. The molecule has 0 radical (unpaired) electrons. The van der Waals surface area contributed by atoms with Gasteiger partial charge in [0.2, 0.25) is 0 Å². The van der Waals surface area contributed by atoms with E-state index in [4.69, 9.17) is 0 Å². The summed E-state index contributed by atoms with van der Waals surface area (Å²) in [6.45, 7) is 13.3. The number of benzene rings is 2. The molecule has 2 aromatic carbocycles. The highest BCUT2D eigenvalue weighted by Gasteiger charge is 2.26. The minimum atomic E-state index is 0.141. The highest BCUT2D eigenvalue weighted by Crippen LogP contribution is 2.34. The van der Waals surface area contributed by atoms with E-state index >= 15 is 0 Å². The van der Waals surface area contributed by atoms with Crippen LogP contribution in [0.25, 0.3) is 11.1 Å². The maximum absolute atomic E-state index is 4.69. The van der Waals surface area contributed by atoms with Crippen LogP contribution in [-0.4, -0.2) is 25.5 Å². The lowest BCUT2D eigenvalue weighted by atomic mass is 9.81. The summed E-state index contributed by atoms with van der Waals surface area (Å²) >= 11 is 0. The summed E-state index contributed by atoms with van der Waals surface area (Å²) in [5.74, 6) is 0.523. The Bertz CT molecular complexity index is 1040. The maximum Gasteiger partial charge on any atom is 0.0910 e. The second-order valence-corrected chi connectivity index (χ2v) is 9.36. The molecule has 0 atom stereocenters. The topological polar surface area (TPSA) is 24.7 Å². The minimum Gasteiger partial charge on any atom is -0.286 e. The highest BCUT2D eigenvalue weighted by atomic mass is 14.8. The number of aliphatic imine (C=N–C) groups is 2. The van der Waals surface area contributed by atoms with Crippen LogP contribution in [0, 0.1) is 0 Å². The van der Waals surface area contributed by atoms with Gasteiger partial charge in [0, 0.05) is 25.2 Å². The van der Waals surface area contributed by atoms with Gasteiger partial charge in [-0.3, -0.25) is 9.98 Å². The fraction of sp³-hybridized carbons (Fsp3) is 0.357. The number of hydrogen-bond donors (Lipinski definition) is 0. The lowest BCUT2D eigenvalue weighted by Crippen LogP contribution is -2.22. The summed E-state index contributed by atoms with van der Waals surface area (Å²) in [5.41, 5.74) is 10.6. The number of nitrogens with zero attached hydrogens (tertiary/aromatic N) is 2. The zero-order chi connectivity index (χ0) is 22.1. The molecule has 0 amide bonds. The molecule has 2 nitrogen and oxygen atoms in total. The standard InChI is InChI=1S/C28H34N2/c1-18(2)20-9-11-22(12-10-20)25-19(3)17-24(26(29-7)27(25)30-8)21-13-15-23(16-14-21)28(4,5)6/h9-18H,1-8H3. The number of allylic oxidation sites excluding steroid dienone is 4. The lowest BCUT2D eigenvalue weighted by Gasteiger charge is -2.24. The maximum atomic E-state index is 4.69. The van der Waals surface area contributed by atoms with Gasteiger partial charge in [-0.2, -0.15) is 0 Å². The van der Waals surface area contributed by atoms with Crippen LogP contribution in [0.15, 0.2) is 70.2 Å². The fourth-order valence-electron chi connectivity index (χ4n) is 4.00. The Morgan fingerprint density at radius 3 is 1.73 bits per heavy atom. The average molecular weight is 399 g/mol. The molecule has 1 aliphatic carbocycles. The average Bonchev–Trinajstić information content (AvgIpc) is 2.72. The summed E-state index contributed by atoms with van der Waals surface area (Å²) in [7, 11) is 3.72. The van der Waals surface area contributed by atoms with E-state index in [-0.39, 0.29) is 5.41 Å². The van der Waals surface area contributed by atoms with Gasteiger partial charge in [-0.15, -0.1) is 0 Å². The summed E-state index contributed by atoms with van der Waals surface area (Å²) in [5, 5.41) is 0. The highest BCUT2D eigenvalue weighted by molar-refractivity contribution is 6.70. The SMILES string of the molecule is CN=C1C(c2ccc(C(C)(C)C)cc2)=CC(C)=C(c2ccc(C(C)C)cc2)C1=NC. The van der Waals surface area contributed by atoms with Crippen LogP contribution >= 0.6 is 0 Å². The third-order valence-corrected chi connectivity index (χ3v) is 5.85. The van der Waals surface area contributed by atoms with Crippen molar-refractivity contribution >= 4 is 22.6 Å². The third kappa shape index (κ3) is 4.23. The minimum absolute atomic E-state index is 0.141. The van der Waals surface area contributed by atoms with Gasteiger partial charge in [-0.25, -0.2) is 0 Å². The van der Waals surface area contributed by atoms with Crippen molar-refractivity contribution in [2.24, 2.45) is 9.98 Å². The molecule has 2 heteroatoms. The van der Waals surface area contributed by atoms with Crippen molar-refractivity contribution in [1.29, 1.82) is 0 Å². The van der Waals surface area contributed by atoms with Crippen molar-refractivity contribution < 1.29 is 0 Å². The monoisotopic (exact) mass is 398 g/mol. The number of hydrogen-bond acceptors (Lipinski definition) is 2. The van der Waals surface area contributed by atoms with Crippen LogP contribution in [-0.2, 0) is 5.41 Å². The largest absolute Gasteiger partial charge is 0.286 e. The summed E-state index contributed by atoms with van der Waals surface area (Å²) in [6.07, 6.45) is 2.26. The van der Waals surface area contributed by atoms with Crippen molar-refractivity contribution in [3.05, 3.63) is 82.4 Å². The number of rotatable bonds is 3. The molecule has 0 heterocycles. The fourth-order valence-corrected chi connectivity index (χ4v) is 4.00. The summed E-state index contributed by atoms with van der Waals surface area (Å²) in [6, 6.07) is 17.7. The Hall–Kier alpha value is -2.74. The molecular formula is C28H34N2. The lowest BCUT2D eigenvalue weighted by molar-refractivity contribution is 0.590. The van der Waals surface area contributed by atoms with Gasteiger partial charge in [0.05, 0.1) is 11.4 Å². The van der Waals surface area contributed by atoms with Crippen LogP contribution < -0.4 is 0 Å². The summed E-state index contributed by atoms with van der Waals surface area (Å²) in [4.78, 5) is 9.35. The molecule has 0 saturated heterocycles. The van der Waals surface area contributed by atoms with Gasteiger partial charge < -0.3 is 0 Å². The molecule has 1 aliphatic rings. The van der Waals surface area contributed by atoms with Gasteiger partial charge in [0.1, 0.15) is 0 Å². The molecule has 156 valence electrons. The van der Waals surface area contributed by atoms with Gasteiger partial charge >= 0.3 is 0 Å². The molecule has 0 N–H and O–H groups in total. The molecule has 0 spiro atoms. The first-order valence-electron chi connectivity index (χ1n) is 10.8. The van der Waals surface area contributed by atoms with Crippen LogP contribution in [0.4, 0.5) is 0 Å². The Morgan fingerprint density at radius 2 is 1.27 bits per heavy atom.